The van der Waals surface area contributed by atoms with Gasteiger partial charge in [-0.1, -0.05) is 13.8 Å². The number of carboxylic acid groups (broad SMARTS) is 1. The normalized spacial score (nSPS) is 26.3. The van der Waals surface area contributed by atoms with E-state index in [1.54, 1.807) is 0 Å². The van der Waals surface area contributed by atoms with Gasteiger partial charge >= 0.3 is 5.97 Å². The molecule has 1 saturated heterocycles. The summed E-state index contributed by atoms with van der Waals surface area (Å²) in [5.74, 6) is -0.472. The average molecular weight is 172 g/mol. The lowest BCUT2D eigenvalue weighted by atomic mass is 9.92. The van der Waals surface area contributed by atoms with Gasteiger partial charge < -0.3 is 9.84 Å². The molecule has 0 aromatic carbocycles. The van der Waals surface area contributed by atoms with E-state index in [2.05, 4.69) is 6.92 Å². The van der Waals surface area contributed by atoms with Gasteiger partial charge in [0.05, 0.1) is 18.6 Å². The zero-order valence-electron chi connectivity index (χ0n) is 7.62. The van der Waals surface area contributed by atoms with Crippen LogP contribution in [0.3, 0.4) is 0 Å². The maximum Gasteiger partial charge on any atom is 0.306 e. The molecule has 3 unspecified atom stereocenters. The summed E-state index contributed by atoms with van der Waals surface area (Å²) in [4.78, 5) is 10.7. The van der Waals surface area contributed by atoms with E-state index in [1.807, 2.05) is 6.92 Å². The molecule has 0 radical (unpaired) electrons. The van der Waals surface area contributed by atoms with Crippen LogP contribution in [0.4, 0.5) is 0 Å². The minimum absolute atomic E-state index is 0.191. The molecule has 3 atom stereocenters. The Balaban J connectivity index is 2.30. The van der Waals surface area contributed by atoms with Crippen LogP contribution in [-0.2, 0) is 9.53 Å². The van der Waals surface area contributed by atoms with E-state index in [9.17, 15) is 4.79 Å². The maximum absolute atomic E-state index is 10.7. The van der Waals surface area contributed by atoms with Crippen molar-refractivity contribution in [3.63, 3.8) is 0 Å². The van der Waals surface area contributed by atoms with Crippen molar-refractivity contribution in [3.05, 3.63) is 0 Å². The van der Waals surface area contributed by atoms with Crippen LogP contribution >= 0.6 is 0 Å². The van der Waals surface area contributed by atoms with Gasteiger partial charge in [0.2, 0.25) is 0 Å². The zero-order valence-corrected chi connectivity index (χ0v) is 7.62. The van der Waals surface area contributed by atoms with E-state index in [4.69, 9.17) is 9.84 Å². The molecule has 0 amide bonds. The molecule has 0 spiro atoms. The molecular formula is C9H16O3. The third-order valence-corrected chi connectivity index (χ3v) is 2.49. The first kappa shape index (κ1) is 9.52. The number of carboxylic acids is 1. The van der Waals surface area contributed by atoms with Crippen molar-refractivity contribution < 1.29 is 14.6 Å². The summed E-state index contributed by atoms with van der Waals surface area (Å²) in [5, 5.41) is 8.78. The second-order valence-corrected chi connectivity index (χ2v) is 3.53. The number of hydrogen-bond acceptors (Lipinski definition) is 2. The Bertz CT molecular complexity index is 163. The highest BCUT2D eigenvalue weighted by Crippen LogP contribution is 2.26. The third-order valence-electron chi connectivity index (χ3n) is 2.49. The summed E-state index contributed by atoms with van der Waals surface area (Å²) < 4.78 is 5.10. The molecule has 1 aliphatic rings. The number of epoxide rings is 1. The first-order valence-corrected chi connectivity index (χ1v) is 4.49. The predicted molar refractivity (Wildman–Crippen MR) is 44.9 cm³/mol. The van der Waals surface area contributed by atoms with Crippen LogP contribution in [-0.4, -0.2) is 23.8 Å². The van der Waals surface area contributed by atoms with Gasteiger partial charge in [-0.25, -0.2) is 0 Å². The number of aliphatic carboxylic acids is 1. The van der Waals surface area contributed by atoms with Crippen molar-refractivity contribution in [2.75, 3.05) is 6.61 Å². The molecule has 0 bridgehead atoms. The lowest BCUT2D eigenvalue weighted by Gasteiger charge is -2.13. The SMILES string of the molecule is CCC(CC(C)C1CO1)C(=O)O. The van der Waals surface area contributed by atoms with Crippen molar-refractivity contribution in [1.29, 1.82) is 0 Å². The van der Waals surface area contributed by atoms with Gasteiger partial charge in [-0.05, 0) is 18.8 Å². The minimum Gasteiger partial charge on any atom is -0.481 e. The van der Waals surface area contributed by atoms with Gasteiger partial charge in [-0.3, -0.25) is 4.79 Å². The van der Waals surface area contributed by atoms with Crippen LogP contribution in [0.15, 0.2) is 0 Å². The fraction of sp³-hybridized carbons (Fsp3) is 0.889. The molecule has 1 rings (SSSR count). The Hall–Kier alpha value is -0.570. The second kappa shape index (κ2) is 3.90. The summed E-state index contributed by atoms with van der Waals surface area (Å²) in [5.41, 5.74) is 0. The van der Waals surface area contributed by atoms with Crippen molar-refractivity contribution in [2.24, 2.45) is 11.8 Å². The maximum atomic E-state index is 10.7. The van der Waals surface area contributed by atoms with Crippen LogP contribution in [0.5, 0.6) is 0 Å². The van der Waals surface area contributed by atoms with Gasteiger partial charge in [-0.2, -0.15) is 0 Å². The molecule has 0 aromatic rings. The van der Waals surface area contributed by atoms with Crippen LogP contribution in [0.2, 0.25) is 0 Å². The largest absolute Gasteiger partial charge is 0.481 e. The monoisotopic (exact) mass is 172 g/mol. The fourth-order valence-corrected chi connectivity index (χ4v) is 1.43. The molecule has 3 nitrogen and oxygen atoms in total. The molecule has 1 aliphatic heterocycles. The smallest absolute Gasteiger partial charge is 0.306 e. The average Bonchev–Trinajstić information content (AvgIpc) is 2.80. The van der Waals surface area contributed by atoms with E-state index in [0.717, 1.165) is 13.0 Å². The Morgan fingerprint density at radius 2 is 2.33 bits per heavy atom. The molecule has 0 saturated carbocycles. The van der Waals surface area contributed by atoms with Gasteiger partial charge in [0.1, 0.15) is 0 Å². The zero-order chi connectivity index (χ0) is 9.14. The van der Waals surface area contributed by atoms with Crippen molar-refractivity contribution in [1.82, 2.24) is 0 Å². The van der Waals surface area contributed by atoms with Gasteiger partial charge in [0.25, 0.3) is 0 Å². The van der Waals surface area contributed by atoms with E-state index in [-0.39, 0.29) is 5.92 Å². The van der Waals surface area contributed by atoms with E-state index >= 15 is 0 Å². The highest BCUT2D eigenvalue weighted by Gasteiger charge is 2.32. The van der Waals surface area contributed by atoms with Crippen molar-refractivity contribution in [2.45, 2.75) is 32.8 Å². The standard InChI is InChI=1S/C9H16O3/c1-3-7(9(10)11)4-6(2)8-5-12-8/h6-8H,3-5H2,1-2H3,(H,10,11). The van der Waals surface area contributed by atoms with Gasteiger partial charge in [-0.15, -0.1) is 0 Å². The quantitative estimate of drug-likeness (QED) is 0.640. The van der Waals surface area contributed by atoms with Gasteiger partial charge in [0, 0.05) is 0 Å². The molecule has 3 heteroatoms. The summed E-state index contributed by atoms with van der Waals surface area (Å²) in [7, 11) is 0. The topological polar surface area (TPSA) is 49.8 Å². The highest BCUT2D eigenvalue weighted by molar-refractivity contribution is 5.69. The Kier molecular flexibility index (Phi) is 3.09. The van der Waals surface area contributed by atoms with Crippen LogP contribution < -0.4 is 0 Å². The van der Waals surface area contributed by atoms with Crippen molar-refractivity contribution in [3.8, 4) is 0 Å². The summed E-state index contributed by atoms with van der Waals surface area (Å²) in [6, 6.07) is 0. The Morgan fingerprint density at radius 1 is 1.75 bits per heavy atom. The fourth-order valence-electron chi connectivity index (χ4n) is 1.43. The molecule has 1 N–H and O–H groups in total. The lowest BCUT2D eigenvalue weighted by molar-refractivity contribution is -0.142. The molecule has 1 fully saturated rings. The first-order chi connectivity index (χ1) is 5.65. The van der Waals surface area contributed by atoms with Crippen LogP contribution in [0.25, 0.3) is 0 Å². The molecular weight excluding hydrogens is 156 g/mol. The number of hydrogen-bond donors (Lipinski definition) is 1. The summed E-state index contributed by atoms with van der Waals surface area (Å²) in [6.07, 6.45) is 1.79. The molecule has 0 aromatic heterocycles. The summed E-state index contributed by atoms with van der Waals surface area (Å²) >= 11 is 0. The first-order valence-electron chi connectivity index (χ1n) is 4.49. The van der Waals surface area contributed by atoms with Crippen LogP contribution in [0.1, 0.15) is 26.7 Å². The van der Waals surface area contributed by atoms with Crippen LogP contribution in [0, 0.1) is 11.8 Å². The number of carbonyl (C=O) groups is 1. The number of rotatable bonds is 5. The molecule has 70 valence electrons. The van der Waals surface area contributed by atoms with Gasteiger partial charge in [0.15, 0.2) is 0 Å². The Labute approximate surface area is 72.7 Å². The number of ether oxygens (including phenoxy) is 1. The van der Waals surface area contributed by atoms with E-state index < -0.39 is 5.97 Å². The molecule has 0 aliphatic carbocycles. The minimum atomic E-state index is -0.676. The summed E-state index contributed by atoms with van der Waals surface area (Å²) in [6.45, 7) is 4.79. The third kappa shape index (κ3) is 2.48. The predicted octanol–water partition coefficient (Wildman–Crippen LogP) is 1.52. The van der Waals surface area contributed by atoms with E-state index in [1.165, 1.54) is 0 Å². The Morgan fingerprint density at radius 3 is 2.67 bits per heavy atom. The molecule has 1 heterocycles. The molecule has 12 heavy (non-hydrogen) atoms. The highest BCUT2D eigenvalue weighted by atomic mass is 16.6. The van der Waals surface area contributed by atoms with Crippen molar-refractivity contribution >= 4 is 5.97 Å². The van der Waals surface area contributed by atoms with E-state index in [0.29, 0.717) is 18.4 Å². The second-order valence-electron chi connectivity index (χ2n) is 3.53. The lowest BCUT2D eigenvalue weighted by Crippen LogP contribution is -2.18.